The lowest BCUT2D eigenvalue weighted by atomic mass is 10.1. The summed E-state index contributed by atoms with van der Waals surface area (Å²) in [7, 11) is 0.135. The van der Waals surface area contributed by atoms with Crippen LogP contribution >= 0.6 is 0 Å². The molecule has 0 saturated carbocycles. The van der Waals surface area contributed by atoms with Crippen molar-refractivity contribution < 1.29 is 27.0 Å². The monoisotopic (exact) mass is 409 g/mol. The van der Waals surface area contributed by atoms with Gasteiger partial charge in [-0.15, -0.1) is 0 Å². The number of para-hydroxylation sites is 1. The van der Waals surface area contributed by atoms with Gasteiger partial charge in [0.1, 0.15) is 5.69 Å². The average Bonchev–Trinajstić information content (AvgIpc) is 3.03. The van der Waals surface area contributed by atoms with Crippen LogP contribution in [0.2, 0.25) is 0 Å². The number of ketones is 2. The van der Waals surface area contributed by atoms with Crippen molar-refractivity contribution in [3.05, 3.63) is 54.5 Å². The maximum absolute atomic E-state index is 12.5. The van der Waals surface area contributed by atoms with E-state index in [1.54, 1.807) is 12.1 Å². The number of pyridine rings is 1. The molecule has 0 bridgehead atoms. The van der Waals surface area contributed by atoms with E-state index in [2.05, 4.69) is 9.71 Å². The fourth-order valence-corrected chi connectivity index (χ4v) is 3.41. The fourth-order valence-electron chi connectivity index (χ4n) is 2.59. The summed E-state index contributed by atoms with van der Waals surface area (Å²) < 4.78 is 54.0. The Balaban J connectivity index is 1.74. The lowest BCUT2D eigenvalue weighted by Gasteiger charge is -2.09. The van der Waals surface area contributed by atoms with E-state index in [4.69, 9.17) is 0 Å². The molecule has 3 aromatic rings. The average molecular weight is 409 g/mol. The van der Waals surface area contributed by atoms with Crippen LogP contribution < -0.4 is 4.72 Å². The molecule has 0 saturated heterocycles. The Morgan fingerprint density at radius 1 is 1.18 bits per heavy atom. The molecule has 1 unspecified atom stereocenters. The van der Waals surface area contributed by atoms with Gasteiger partial charge in [-0.25, -0.2) is 4.21 Å². The lowest BCUT2D eigenvalue weighted by Crippen LogP contribution is -2.25. The molecule has 10 heteroatoms. The molecule has 0 fully saturated rings. The maximum atomic E-state index is 12.5. The van der Waals surface area contributed by atoms with Crippen LogP contribution in [-0.2, 0) is 22.8 Å². The minimum atomic E-state index is -5.07. The number of halogens is 3. The summed E-state index contributed by atoms with van der Waals surface area (Å²) in [5.41, 5.74) is 1.17. The second-order valence-corrected chi connectivity index (χ2v) is 7.15. The summed E-state index contributed by atoms with van der Waals surface area (Å²) in [5.74, 6) is -3.19. The predicted molar refractivity (Wildman–Crippen MR) is 97.2 cm³/mol. The van der Waals surface area contributed by atoms with Gasteiger partial charge >= 0.3 is 6.18 Å². The van der Waals surface area contributed by atoms with Crippen LogP contribution in [0.5, 0.6) is 0 Å². The summed E-state index contributed by atoms with van der Waals surface area (Å²) in [6, 6.07) is 9.84. The molecular formula is C18H14F3N3O3S. The third-order valence-corrected chi connectivity index (χ3v) is 5.05. The van der Waals surface area contributed by atoms with E-state index in [-0.39, 0.29) is 10.6 Å². The molecule has 0 radical (unpaired) electrons. The summed E-state index contributed by atoms with van der Waals surface area (Å²) in [4.78, 5) is 26.6. The Labute approximate surface area is 160 Å². The van der Waals surface area contributed by atoms with Crippen molar-refractivity contribution in [2.45, 2.75) is 17.5 Å². The quantitative estimate of drug-likeness (QED) is 0.500. The first-order chi connectivity index (χ1) is 13.2. The minimum absolute atomic E-state index is 0.227. The first-order valence-electron chi connectivity index (χ1n) is 7.98. The van der Waals surface area contributed by atoms with E-state index in [1.807, 2.05) is 29.9 Å². The molecule has 1 atom stereocenters. The first-order valence-corrected chi connectivity index (χ1v) is 9.13. The van der Waals surface area contributed by atoms with Gasteiger partial charge < -0.3 is 4.57 Å². The van der Waals surface area contributed by atoms with E-state index in [0.717, 1.165) is 23.2 Å². The molecule has 1 N–H and O–H groups in total. The number of anilines is 1. The van der Waals surface area contributed by atoms with Gasteiger partial charge in [-0.05, 0) is 24.3 Å². The topological polar surface area (TPSA) is 81.1 Å². The second kappa shape index (κ2) is 7.55. The molecule has 6 nitrogen and oxygen atoms in total. The molecule has 0 aliphatic rings. The van der Waals surface area contributed by atoms with E-state index in [0.29, 0.717) is 5.69 Å². The van der Waals surface area contributed by atoms with Crippen LogP contribution in [-0.4, -0.2) is 31.5 Å². The van der Waals surface area contributed by atoms with Crippen LogP contribution in [0.15, 0.2) is 53.7 Å². The molecule has 0 amide bonds. The third-order valence-electron chi connectivity index (χ3n) is 3.97. The van der Waals surface area contributed by atoms with Crippen LogP contribution in [0, 0.1) is 0 Å². The summed E-state index contributed by atoms with van der Waals surface area (Å²) in [6.45, 7) is 0. The minimum Gasteiger partial charge on any atom is -0.349 e. The fraction of sp³-hybridized carbons (Fsp3) is 0.167. The number of benzene rings is 1. The van der Waals surface area contributed by atoms with Gasteiger partial charge in [-0.3, -0.25) is 19.3 Å². The highest BCUT2D eigenvalue weighted by Crippen LogP contribution is 2.25. The first kappa shape index (κ1) is 19.7. The zero-order chi connectivity index (χ0) is 20.5. The van der Waals surface area contributed by atoms with E-state index >= 15 is 0 Å². The number of nitrogens with one attached hydrogen (secondary N) is 1. The summed E-state index contributed by atoms with van der Waals surface area (Å²) >= 11 is 0. The van der Waals surface area contributed by atoms with Crippen LogP contribution in [0.25, 0.3) is 10.9 Å². The Morgan fingerprint density at radius 2 is 1.93 bits per heavy atom. The third kappa shape index (κ3) is 4.11. The number of hydrogen-bond donors (Lipinski definition) is 1. The number of nitrogens with zero attached hydrogens (tertiary/aromatic N) is 2. The van der Waals surface area contributed by atoms with E-state index < -0.39 is 35.1 Å². The molecular weight excluding hydrogens is 395 g/mol. The van der Waals surface area contributed by atoms with Gasteiger partial charge in [0, 0.05) is 24.8 Å². The molecule has 3 rings (SSSR count). The van der Waals surface area contributed by atoms with Crippen molar-refractivity contribution in [2.24, 2.45) is 7.05 Å². The van der Waals surface area contributed by atoms with Gasteiger partial charge in [0.05, 0.1) is 22.5 Å². The highest BCUT2D eigenvalue weighted by atomic mass is 32.2. The molecule has 28 heavy (non-hydrogen) atoms. The van der Waals surface area contributed by atoms with Gasteiger partial charge in [0.15, 0.2) is 16.8 Å². The van der Waals surface area contributed by atoms with Crippen molar-refractivity contribution >= 4 is 39.1 Å². The number of carbonyl (C=O) groups excluding carboxylic acids is 2. The van der Waals surface area contributed by atoms with Gasteiger partial charge in [0.2, 0.25) is 5.78 Å². The van der Waals surface area contributed by atoms with Crippen molar-refractivity contribution in [1.82, 2.24) is 9.55 Å². The lowest BCUT2D eigenvalue weighted by molar-refractivity contribution is -0.170. The highest BCUT2D eigenvalue weighted by Gasteiger charge is 2.39. The number of fused-ring (bicyclic) bond motifs is 1. The van der Waals surface area contributed by atoms with E-state index in [9.17, 15) is 27.0 Å². The van der Waals surface area contributed by atoms with Crippen molar-refractivity contribution in [3.63, 3.8) is 0 Å². The number of rotatable bonds is 6. The standard InChI is InChI=1S/C18H14F3N3O3S/c1-24-8-7-11-3-2-4-14(17(11)24)23-28(27)12-5-6-13(22-10-12)15(25)9-16(26)18(19,20)21/h2-8,10,23H,9H2,1H3. The van der Waals surface area contributed by atoms with Crippen LogP contribution in [0.4, 0.5) is 18.9 Å². The number of Topliss-reactive ketones (excluding diaryl/α,β-unsaturated/α-hetero) is 2. The SMILES string of the molecule is Cn1ccc2cccc(NS(=O)c3ccc(C(=O)CC(=O)C(F)(F)F)nc3)c21. The summed E-state index contributed by atoms with van der Waals surface area (Å²) in [6.07, 6.45) is -3.39. The molecule has 0 aliphatic heterocycles. The molecule has 0 aliphatic carbocycles. The summed E-state index contributed by atoms with van der Waals surface area (Å²) in [5, 5.41) is 0.956. The zero-order valence-corrected chi connectivity index (χ0v) is 15.3. The number of aromatic nitrogens is 2. The molecule has 2 aromatic heterocycles. The van der Waals surface area contributed by atoms with Crippen molar-refractivity contribution in [1.29, 1.82) is 0 Å². The Hall–Kier alpha value is -3.01. The second-order valence-electron chi connectivity index (χ2n) is 5.94. The molecule has 0 spiro atoms. The van der Waals surface area contributed by atoms with Gasteiger partial charge in [-0.2, -0.15) is 13.2 Å². The zero-order valence-electron chi connectivity index (χ0n) is 14.5. The normalized spacial score (nSPS) is 12.7. The molecule has 146 valence electrons. The predicted octanol–water partition coefficient (Wildman–Crippen LogP) is 3.41. The largest absolute Gasteiger partial charge is 0.450 e. The van der Waals surface area contributed by atoms with Crippen molar-refractivity contribution in [2.75, 3.05) is 4.72 Å². The molecule has 1 aromatic carbocycles. The Kier molecular flexibility index (Phi) is 5.32. The molecule has 2 heterocycles. The number of aryl methyl sites for hydroxylation is 1. The van der Waals surface area contributed by atoms with Gasteiger partial charge in [-0.1, -0.05) is 12.1 Å². The maximum Gasteiger partial charge on any atom is 0.450 e. The number of alkyl halides is 3. The Morgan fingerprint density at radius 3 is 2.57 bits per heavy atom. The van der Waals surface area contributed by atoms with Crippen LogP contribution in [0.1, 0.15) is 16.9 Å². The van der Waals surface area contributed by atoms with Crippen LogP contribution in [0.3, 0.4) is 0 Å². The smallest absolute Gasteiger partial charge is 0.349 e. The highest BCUT2D eigenvalue weighted by molar-refractivity contribution is 7.86. The van der Waals surface area contributed by atoms with Gasteiger partial charge in [0.25, 0.3) is 0 Å². The number of carbonyl (C=O) groups is 2. The van der Waals surface area contributed by atoms with E-state index in [1.165, 1.54) is 6.07 Å². The number of hydrogen-bond acceptors (Lipinski definition) is 4. The van der Waals surface area contributed by atoms with Crippen molar-refractivity contribution in [3.8, 4) is 0 Å². The Bertz CT molecular complexity index is 1080.